The van der Waals surface area contributed by atoms with E-state index >= 15 is 0 Å². The highest BCUT2D eigenvalue weighted by Gasteiger charge is 2.43. The number of hydrogen-bond acceptors (Lipinski definition) is 3. The number of carbonyl (C=O) groups is 1. The number of carbonyl (C=O) groups excluding carboxylic acids is 1. The van der Waals surface area contributed by atoms with E-state index in [0.717, 1.165) is 31.2 Å². The van der Waals surface area contributed by atoms with Crippen molar-refractivity contribution in [3.8, 4) is 0 Å². The minimum Gasteiger partial charge on any atom is -0.388 e. The molecule has 1 aliphatic rings. The lowest BCUT2D eigenvalue weighted by Crippen LogP contribution is -2.46. The number of nitrogens with one attached hydrogen (secondary N) is 1. The van der Waals surface area contributed by atoms with Crippen LogP contribution in [0.4, 0.5) is 0 Å². The summed E-state index contributed by atoms with van der Waals surface area (Å²) in [6.45, 7) is 1.13. The Bertz CT molecular complexity index is 443. The lowest BCUT2D eigenvalue weighted by atomic mass is 9.66. The van der Waals surface area contributed by atoms with Gasteiger partial charge in [-0.25, -0.2) is 0 Å². The van der Waals surface area contributed by atoms with Crippen LogP contribution in [0.3, 0.4) is 0 Å². The summed E-state index contributed by atoms with van der Waals surface area (Å²) in [6.07, 6.45) is 3.81. The molecule has 0 aliphatic heterocycles. The third-order valence-electron chi connectivity index (χ3n) is 4.46. The molecule has 0 bridgehead atoms. The number of benzene rings is 1. The van der Waals surface area contributed by atoms with Crippen molar-refractivity contribution in [2.75, 3.05) is 20.3 Å². The fourth-order valence-corrected chi connectivity index (χ4v) is 2.84. The number of aliphatic hydroxyl groups excluding tert-OH is 1. The van der Waals surface area contributed by atoms with Gasteiger partial charge < -0.3 is 15.2 Å². The molecule has 0 saturated heterocycles. The predicted octanol–water partition coefficient (Wildman–Crippen LogP) is 2.43. The van der Waals surface area contributed by atoms with Gasteiger partial charge in [-0.05, 0) is 31.2 Å². The van der Waals surface area contributed by atoms with E-state index in [-0.39, 0.29) is 11.3 Å². The quantitative estimate of drug-likeness (QED) is 0.773. The largest absolute Gasteiger partial charge is 0.388 e. The van der Waals surface area contributed by atoms with Crippen molar-refractivity contribution in [2.24, 2.45) is 5.41 Å². The van der Waals surface area contributed by atoms with Gasteiger partial charge in [-0.1, -0.05) is 36.8 Å². The maximum Gasteiger partial charge on any atom is 0.226 e. The zero-order valence-corrected chi connectivity index (χ0v) is 12.7. The average Bonchev–Trinajstić information content (AvgIpc) is 2.47. The zero-order chi connectivity index (χ0) is 15.1. The van der Waals surface area contributed by atoms with Crippen LogP contribution in [0.1, 0.15) is 43.8 Å². The highest BCUT2D eigenvalue weighted by Crippen LogP contribution is 2.44. The van der Waals surface area contributed by atoms with Gasteiger partial charge in [0.15, 0.2) is 0 Å². The van der Waals surface area contributed by atoms with E-state index in [1.54, 1.807) is 7.11 Å². The van der Waals surface area contributed by atoms with Gasteiger partial charge in [0.1, 0.15) is 0 Å². The van der Waals surface area contributed by atoms with Gasteiger partial charge in [0.2, 0.25) is 5.91 Å². The van der Waals surface area contributed by atoms with Gasteiger partial charge in [-0.2, -0.15) is 0 Å². The molecule has 116 valence electrons. The van der Waals surface area contributed by atoms with E-state index in [1.807, 2.05) is 30.3 Å². The van der Waals surface area contributed by atoms with Gasteiger partial charge in [0, 0.05) is 20.3 Å². The molecule has 1 fully saturated rings. The van der Waals surface area contributed by atoms with Crippen LogP contribution in [-0.2, 0) is 9.53 Å². The third kappa shape index (κ3) is 4.05. The summed E-state index contributed by atoms with van der Waals surface area (Å²) in [5.41, 5.74) is 0.665. The summed E-state index contributed by atoms with van der Waals surface area (Å²) in [5.74, 6) is 0.117. The molecule has 4 nitrogen and oxygen atoms in total. The standard InChI is InChI=1S/C17H25NO3/c1-21-13-11-17(9-5-10-17)16(20)18-12-8-15(19)14-6-3-2-4-7-14/h2-4,6-7,15,19H,5,8-13H2,1H3,(H,18,20). The minimum absolute atomic E-state index is 0.117. The van der Waals surface area contributed by atoms with Crippen LogP contribution < -0.4 is 5.32 Å². The highest BCUT2D eigenvalue weighted by atomic mass is 16.5. The van der Waals surface area contributed by atoms with Gasteiger partial charge in [-0.15, -0.1) is 0 Å². The second-order valence-electron chi connectivity index (χ2n) is 5.85. The van der Waals surface area contributed by atoms with E-state index in [9.17, 15) is 9.90 Å². The van der Waals surface area contributed by atoms with E-state index in [0.29, 0.717) is 19.6 Å². The fraction of sp³-hybridized carbons (Fsp3) is 0.588. The van der Waals surface area contributed by atoms with Crippen molar-refractivity contribution < 1.29 is 14.6 Å². The topological polar surface area (TPSA) is 58.6 Å². The fourth-order valence-electron chi connectivity index (χ4n) is 2.84. The first-order valence-electron chi connectivity index (χ1n) is 7.68. The van der Waals surface area contributed by atoms with Crippen molar-refractivity contribution in [3.63, 3.8) is 0 Å². The van der Waals surface area contributed by atoms with Crippen molar-refractivity contribution in [3.05, 3.63) is 35.9 Å². The number of aliphatic hydroxyl groups is 1. The molecular formula is C17H25NO3. The third-order valence-corrected chi connectivity index (χ3v) is 4.46. The molecule has 1 aliphatic carbocycles. The average molecular weight is 291 g/mol. The van der Waals surface area contributed by atoms with Gasteiger partial charge in [0.05, 0.1) is 11.5 Å². The Morgan fingerprint density at radius 3 is 2.67 bits per heavy atom. The van der Waals surface area contributed by atoms with Crippen molar-refractivity contribution in [1.29, 1.82) is 0 Å². The van der Waals surface area contributed by atoms with Crippen molar-refractivity contribution in [1.82, 2.24) is 5.32 Å². The second kappa shape index (κ2) is 7.57. The summed E-state index contributed by atoms with van der Waals surface area (Å²) >= 11 is 0. The molecule has 1 amide bonds. The first-order chi connectivity index (χ1) is 10.2. The van der Waals surface area contributed by atoms with E-state index in [1.165, 1.54) is 0 Å². The number of amides is 1. The Balaban J connectivity index is 1.76. The Morgan fingerprint density at radius 1 is 1.38 bits per heavy atom. The molecule has 2 rings (SSSR count). The van der Waals surface area contributed by atoms with Gasteiger partial charge in [-0.3, -0.25) is 4.79 Å². The summed E-state index contributed by atoms with van der Waals surface area (Å²) in [5, 5.41) is 13.1. The van der Waals surface area contributed by atoms with Crippen LogP contribution in [0.5, 0.6) is 0 Å². The van der Waals surface area contributed by atoms with Crippen LogP contribution in [0, 0.1) is 5.41 Å². The van der Waals surface area contributed by atoms with Crippen LogP contribution in [0.15, 0.2) is 30.3 Å². The normalized spacial score (nSPS) is 17.8. The maximum absolute atomic E-state index is 12.3. The Labute approximate surface area is 126 Å². The monoisotopic (exact) mass is 291 g/mol. The van der Waals surface area contributed by atoms with Crippen LogP contribution in [0.2, 0.25) is 0 Å². The molecule has 1 atom stereocenters. The molecule has 1 aromatic carbocycles. The Morgan fingerprint density at radius 2 is 2.10 bits per heavy atom. The van der Waals surface area contributed by atoms with E-state index in [4.69, 9.17) is 4.74 Å². The number of ether oxygens (including phenoxy) is 1. The SMILES string of the molecule is COCCC1(C(=O)NCCC(O)c2ccccc2)CCC1. The first kappa shape index (κ1) is 16.0. The minimum atomic E-state index is -0.525. The molecule has 2 N–H and O–H groups in total. The molecule has 4 heteroatoms. The zero-order valence-electron chi connectivity index (χ0n) is 12.7. The second-order valence-corrected chi connectivity index (χ2v) is 5.85. The molecule has 0 spiro atoms. The Hall–Kier alpha value is -1.39. The molecular weight excluding hydrogens is 266 g/mol. The lowest BCUT2D eigenvalue weighted by Gasteiger charge is -2.40. The summed E-state index contributed by atoms with van der Waals surface area (Å²) in [7, 11) is 1.67. The maximum atomic E-state index is 12.3. The predicted molar refractivity (Wildman–Crippen MR) is 81.8 cm³/mol. The number of hydrogen-bond donors (Lipinski definition) is 2. The molecule has 21 heavy (non-hydrogen) atoms. The molecule has 0 radical (unpaired) electrons. The number of rotatable bonds is 8. The van der Waals surface area contributed by atoms with Gasteiger partial charge in [0.25, 0.3) is 0 Å². The van der Waals surface area contributed by atoms with Gasteiger partial charge >= 0.3 is 0 Å². The van der Waals surface area contributed by atoms with Crippen LogP contribution in [-0.4, -0.2) is 31.3 Å². The molecule has 0 aromatic heterocycles. The molecule has 1 unspecified atom stereocenters. The van der Waals surface area contributed by atoms with Crippen LogP contribution in [0.25, 0.3) is 0 Å². The summed E-state index contributed by atoms with van der Waals surface area (Å²) < 4.78 is 5.10. The lowest BCUT2D eigenvalue weighted by molar-refractivity contribution is -0.137. The molecule has 1 saturated carbocycles. The smallest absolute Gasteiger partial charge is 0.226 e. The molecule has 0 heterocycles. The first-order valence-corrected chi connectivity index (χ1v) is 7.68. The summed E-state index contributed by atoms with van der Waals surface area (Å²) in [4.78, 5) is 12.3. The Kier molecular flexibility index (Phi) is 5.76. The van der Waals surface area contributed by atoms with Crippen LogP contribution >= 0.6 is 0 Å². The van der Waals surface area contributed by atoms with Crippen molar-refractivity contribution >= 4 is 5.91 Å². The summed E-state index contributed by atoms with van der Waals surface area (Å²) in [6, 6.07) is 9.54. The molecule has 1 aromatic rings. The van der Waals surface area contributed by atoms with E-state index in [2.05, 4.69) is 5.32 Å². The van der Waals surface area contributed by atoms with E-state index < -0.39 is 6.10 Å². The highest BCUT2D eigenvalue weighted by molar-refractivity contribution is 5.83. The number of methoxy groups -OCH3 is 1. The van der Waals surface area contributed by atoms with Crippen molar-refractivity contribution in [2.45, 2.75) is 38.2 Å².